The van der Waals surface area contributed by atoms with Gasteiger partial charge in [-0.2, -0.15) is 0 Å². The minimum Gasteiger partial charge on any atom is -0.444 e. The predicted octanol–water partition coefficient (Wildman–Crippen LogP) is 4.61. The number of aliphatic hydroxyl groups is 1. The van der Waals surface area contributed by atoms with Crippen LogP contribution in [0.4, 0.5) is 4.79 Å². The maximum Gasteiger partial charge on any atom is 0.410 e. The fourth-order valence-corrected chi connectivity index (χ4v) is 5.35. The minimum atomic E-state index is -0.528. The van der Waals surface area contributed by atoms with Gasteiger partial charge in [0.05, 0.1) is 6.10 Å². The third-order valence-corrected chi connectivity index (χ3v) is 6.56. The van der Waals surface area contributed by atoms with Crippen molar-refractivity contribution in [1.82, 2.24) is 4.90 Å². The lowest BCUT2D eigenvalue weighted by Gasteiger charge is -2.48. The number of rotatable bonds is 2. The monoisotopic (exact) mass is 393 g/mol. The average Bonchev–Trinajstić information content (AvgIpc) is 3.16. The normalized spacial score (nSPS) is 26.1. The Hall–Kier alpha value is -2.33. The van der Waals surface area contributed by atoms with Crippen LogP contribution in [-0.4, -0.2) is 40.9 Å². The summed E-state index contributed by atoms with van der Waals surface area (Å²) in [5.41, 5.74) is 1.78. The quantitative estimate of drug-likeness (QED) is 0.811. The molecule has 3 unspecified atom stereocenters. The van der Waals surface area contributed by atoms with Gasteiger partial charge in [0.25, 0.3) is 0 Å². The van der Waals surface area contributed by atoms with E-state index >= 15 is 0 Å². The van der Waals surface area contributed by atoms with Crippen molar-refractivity contribution in [3.8, 4) is 0 Å². The number of hydrogen-bond donors (Lipinski definition) is 1. The van der Waals surface area contributed by atoms with Gasteiger partial charge in [-0.3, -0.25) is 0 Å². The summed E-state index contributed by atoms with van der Waals surface area (Å²) in [7, 11) is 0. The smallest absolute Gasteiger partial charge is 0.410 e. The fraction of sp³-hybridized carbons (Fsp3) is 0.480. The molecule has 0 spiro atoms. The van der Waals surface area contributed by atoms with Crippen LogP contribution in [0.25, 0.3) is 0 Å². The Morgan fingerprint density at radius 2 is 1.55 bits per heavy atom. The highest BCUT2D eigenvalue weighted by Gasteiger charge is 2.55. The first-order valence-electron chi connectivity index (χ1n) is 10.6. The van der Waals surface area contributed by atoms with E-state index < -0.39 is 11.7 Å². The van der Waals surface area contributed by atoms with E-state index in [2.05, 4.69) is 48.5 Å². The van der Waals surface area contributed by atoms with Crippen molar-refractivity contribution in [1.29, 1.82) is 0 Å². The highest BCUT2D eigenvalue weighted by Crippen LogP contribution is 2.53. The van der Waals surface area contributed by atoms with Crippen molar-refractivity contribution in [2.45, 2.75) is 50.7 Å². The number of likely N-dealkylation sites (tertiary alicyclic amines) is 1. The van der Waals surface area contributed by atoms with E-state index in [9.17, 15) is 9.90 Å². The topological polar surface area (TPSA) is 49.8 Å². The van der Waals surface area contributed by atoms with Gasteiger partial charge in [0.15, 0.2) is 0 Å². The zero-order valence-electron chi connectivity index (χ0n) is 17.5. The first-order valence-corrected chi connectivity index (χ1v) is 10.6. The summed E-state index contributed by atoms with van der Waals surface area (Å²) in [4.78, 5) is 14.6. The average molecular weight is 394 g/mol. The Labute approximate surface area is 173 Å². The minimum absolute atomic E-state index is 0.0386. The number of ether oxygens (including phenoxy) is 1. The first-order chi connectivity index (χ1) is 13.8. The van der Waals surface area contributed by atoms with Gasteiger partial charge in [-0.05, 0) is 50.7 Å². The van der Waals surface area contributed by atoms with Crippen LogP contribution in [-0.2, 0) is 10.2 Å². The number of aliphatic hydroxyl groups excluding tert-OH is 1. The van der Waals surface area contributed by atoms with Crippen molar-refractivity contribution in [3.05, 3.63) is 71.8 Å². The molecule has 4 rings (SSSR count). The maximum absolute atomic E-state index is 12.8. The van der Waals surface area contributed by atoms with Crippen LogP contribution in [0.2, 0.25) is 0 Å². The predicted molar refractivity (Wildman–Crippen MR) is 114 cm³/mol. The summed E-state index contributed by atoms with van der Waals surface area (Å²) in [5, 5.41) is 10.9. The van der Waals surface area contributed by atoms with E-state index in [1.807, 2.05) is 32.9 Å². The third kappa shape index (κ3) is 3.66. The molecule has 1 heterocycles. The fourth-order valence-electron chi connectivity index (χ4n) is 5.35. The number of carbonyl (C=O) groups is 1. The van der Waals surface area contributed by atoms with E-state index in [1.54, 1.807) is 4.90 Å². The van der Waals surface area contributed by atoms with E-state index in [-0.39, 0.29) is 23.3 Å². The van der Waals surface area contributed by atoms with Crippen LogP contribution in [0.1, 0.15) is 44.7 Å². The second kappa shape index (κ2) is 7.49. The number of amides is 1. The molecule has 29 heavy (non-hydrogen) atoms. The summed E-state index contributed by atoms with van der Waals surface area (Å²) in [6.07, 6.45) is 0.917. The van der Waals surface area contributed by atoms with E-state index in [1.165, 1.54) is 11.1 Å². The van der Waals surface area contributed by atoms with Gasteiger partial charge in [0.1, 0.15) is 5.60 Å². The van der Waals surface area contributed by atoms with Crippen LogP contribution < -0.4 is 0 Å². The molecule has 2 aliphatic rings. The van der Waals surface area contributed by atoms with Crippen molar-refractivity contribution in [3.63, 3.8) is 0 Å². The molecule has 0 aromatic heterocycles. The largest absolute Gasteiger partial charge is 0.444 e. The molecule has 1 saturated heterocycles. The molecule has 154 valence electrons. The first kappa shape index (κ1) is 20.0. The van der Waals surface area contributed by atoms with Gasteiger partial charge in [-0.1, -0.05) is 60.7 Å². The molecule has 1 aliphatic heterocycles. The molecule has 2 aromatic rings. The number of carbonyl (C=O) groups excluding carboxylic acids is 1. The van der Waals surface area contributed by atoms with E-state index in [4.69, 9.17) is 4.74 Å². The zero-order valence-corrected chi connectivity index (χ0v) is 17.5. The van der Waals surface area contributed by atoms with Crippen LogP contribution in [0.5, 0.6) is 0 Å². The second-order valence-corrected chi connectivity index (χ2v) is 9.47. The van der Waals surface area contributed by atoms with Gasteiger partial charge in [0.2, 0.25) is 0 Å². The van der Waals surface area contributed by atoms with Crippen molar-refractivity contribution >= 4 is 6.09 Å². The van der Waals surface area contributed by atoms with Crippen LogP contribution in [0.15, 0.2) is 60.7 Å². The molecule has 0 radical (unpaired) electrons. The van der Waals surface area contributed by atoms with Crippen LogP contribution in [0, 0.1) is 11.8 Å². The molecule has 4 heteroatoms. The summed E-state index contributed by atoms with van der Waals surface area (Å²) in [6, 6.07) is 21.2. The van der Waals surface area contributed by atoms with Crippen molar-refractivity contribution in [2.24, 2.45) is 11.8 Å². The van der Waals surface area contributed by atoms with E-state index in [0.717, 1.165) is 12.8 Å². The van der Waals surface area contributed by atoms with Gasteiger partial charge >= 0.3 is 6.09 Å². The van der Waals surface area contributed by atoms with Crippen LogP contribution >= 0.6 is 0 Å². The third-order valence-electron chi connectivity index (χ3n) is 6.56. The van der Waals surface area contributed by atoms with Gasteiger partial charge in [-0.15, -0.1) is 0 Å². The Balaban J connectivity index is 1.76. The van der Waals surface area contributed by atoms with Crippen molar-refractivity contribution in [2.75, 3.05) is 13.1 Å². The standard InChI is InChI=1S/C25H31NO3/c1-24(2,3)29-23(28)26-16-20-21(17-26)25(15-14-22(20)27,18-10-6-4-7-11-18)19-12-8-5-9-13-19/h4-13,20-22,27H,14-17H2,1-3H3. The summed E-state index contributed by atoms with van der Waals surface area (Å²) < 4.78 is 5.65. The summed E-state index contributed by atoms with van der Waals surface area (Å²) in [5.74, 6) is 0.181. The Kier molecular flexibility index (Phi) is 5.16. The van der Waals surface area contributed by atoms with Gasteiger partial charge in [0, 0.05) is 24.4 Å². The molecule has 1 amide bonds. The Bertz CT molecular complexity index is 804. The lowest BCUT2D eigenvalue weighted by molar-refractivity contribution is 0.0212. The van der Waals surface area contributed by atoms with Crippen molar-refractivity contribution < 1.29 is 14.6 Å². The van der Waals surface area contributed by atoms with Gasteiger partial charge in [-0.25, -0.2) is 4.79 Å². The molecule has 1 aliphatic carbocycles. The Morgan fingerprint density at radius 1 is 1.00 bits per heavy atom. The molecule has 0 bridgehead atoms. The number of fused-ring (bicyclic) bond motifs is 1. The molecule has 1 saturated carbocycles. The summed E-state index contributed by atoms with van der Waals surface area (Å²) in [6.45, 7) is 6.81. The molecule has 4 nitrogen and oxygen atoms in total. The van der Waals surface area contributed by atoms with Gasteiger partial charge < -0.3 is 14.7 Å². The molecular formula is C25H31NO3. The maximum atomic E-state index is 12.8. The molecule has 3 atom stereocenters. The summed E-state index contributed by atoms with van der Waals surface area (Å²) >= 11 is 0. The zero-order chi connectivity index (χ0) is 20.6. The second-order valence-electron chi connectivity index (χ2n) is 9.47. The molecule has 1 N–H and O–H groups in total. The number of hydrogen-bond acceptors (Lipinski definition) is 3. The Morgan fingerprint density at radius 3 is 2.07 bits per heavy atom. The lowest BCUT2D eigenvalue weighted by atomic mass is 9.56. The van der Waals surface area contributed by atoms with Crippen LogP contribution in [0.3, 0.4) is 0 Å². The highest BCUT2D eigenvalue weighted by molar-refractivity contribution is 5.69. The lowest BCUT2D eigenvalue weighted by Crippen LogP contribution is -2.48. The molecular weight excluding hydrogens is 362 g/mol. The van der Waals surface area contributed by atoms with E-state index in [0.29, 0.717) is 13.1 Å². The number of nitrogens with zero attached hydrogens (tertiary/aromatic N) is 1. The molecule has 2 aromatic carbocycles. The number of benzene rings is 2. The highest BCUT2D eigenvalue weighted by atomic mass is 16.6. The molecule has 2 fully saturated rings. The SMILES string of the molecule is CC(C)(C)OC(=O)N1CC2C(O)CCC(c3ccccc3)(c3ccccc3)C2C1.